The third-order valence-electron chi connectivity index (χ3n) is 5.39. The molecule has 2 amide bonds. The van der Waals surface area contributed by atoms with Gasteiger partial charge in [0.1, 0.15) is 0 Å². The molecule has 0 aliphatic carbocycles. The lowest BCUT2D eigenvalue weighted by molar-refractivity contribution is -0.130. The predicted octanol–water partition coefficient (Wildman–Crippen LogP) is 3.07. The first-order chi connectivity index (χ1) is 15.0. The van der Waals surface area contributed by atoms with E-state index in [0.717, 1.165) is 51.4 Å². The maximum Gasteiger partial charge on any atom is 0.226 e. The van der Waals surface area contributed by atoms with Crippen molar-refractivity contribution in [3.8, 4) is 0 Å². The molecule has 0 saturated carbocycles. The second-order valence-electron chi connectivity index (χ2n) is 8.41. The lowest BCUT2D eigenvalue weighted by atomic mass is 10.0. The minimum atomic E-state index is -0.765. The van der Waals surface area contributed by atoms with E-state index in [4.69, 9.17) is 16.6 Å². The second-order valence-corrected chi connectivity index (χ2v) is 8.41. The highest BCUT2D eigenvalue weighted by atomic mass is 16.3. The Balaban J connectivity index is 3.36. The predicted molar refractivity (Wildman–Crippen MR) is 126 cm³/mol. The number of rotatable bonds is 21. The van der Waals surface area contributed by atoms with Crippen LogP contribution < -0.4 is 16.8 Å². The fourth-order valence-electron chi connectivity index (χ4n) is 3.34. The molecule has 0 aromatic rings. The molecule has 182 valence electrons. The summed E-state index contributed by atoms with van der Waals surface area (Å²) in [5.41, 5.74) is 10.9. The van der Waals surface area contributed by atoms with Crippen molar-refractivity contribution in [2.45, 2.75) is 115 Å². The van der Waals surface area contributed by atoms with Gasteiger partial charge in [-0.2, -0.15) is 0 Å². The Bertz CT molecular complexity index is 472. The number of hydrogen-bond donors (Lipinski definition) is 5. The molecule has 0 bridgehead atoms. The number of carbonyl (C=O) groups excluding carboxylic acids is 2. The Labute approximate surface area is 189 Å². The molecule has 7 N–H and O–H groups in total. The van der Waals surface area contributed by atoms with Gasteiger partial charge in [0, 0.05) is 12.8 Å². The number of hydrogen-bond acceptors (Lipinski definition) is 6. The van der Waals surface area contributed by atoms with Crippen LogP contribution in [0.1, 0.15) is 103 Å². The van der Waals surface area contributed by atoms with Crippen LogP contribution in [0, 0.1) is 0 Å². The molecule has 0 saturated heterocycles. The van der Waals surface area contributed by atoms with Gasteiger partial charge in [-0.3, -0.25) is 14.9 Å². The van der Waals surface area contributed by atoms with E-state index in [9.17, 15) is 14.7 Å². The summed E-state index contributed by atoms with van der Waals surface area (Å²) in [6.45, 7) is 0.437. The van der Waals surface area contributed by atoms with Crippen LogP contribution in [0.3, 0.4) is 0 Å². The lowest BCUT2D eigenvalue weighted by Gasteiger charge is -2.11. The smallest absolute Gasteiger partial charge is 0.226 e. The van der Waals surface area contributed by atoms with Crippen LogP contribution in [0.5, 0.6) is 0 Å². The highest BCUT2D eigenvalue weighted by Gasteiger charge is 2.09. The summed E-state index contributed by atoms with van der Waals surface area (Å²) in [6.07, 6.45) is 18.8. The van der Waals surface area contributed by atoms with Crippen molar-refractivity contribution in [1.82, 2.24) is 5.32 Å². The summed E-state index contributed by atoms with van der Waals surface area (Å²) in [4.78, 5) is 23.4. The minimum Gasteiger partial charge on any atom is -0.395 e. The topological polar surface area (TPSA) is 139 Å². The first kappa shape index (κ1) is 29.7. The Hall–Kier alpha value is -1.28. The van der Waals surface area contributed by atoms with Crippen molar-refractivity contribution in [3.05, 3.63) is 12.2 Å². The molecule has 0 aliphatic rings. The zero-order chi connectivity index (χ0) is 23.2. The molecule has 2 unspecified atom stereocenters. The molecule has 31 heavy (non-hydrogen) atoms. The quantitative estimate of drug-likeness (QED) is 0.137. The van der Waals surface area contributed by atoms with Gasteiger partial charge < -0.3 is 21.7 Å². The normalized spacial score (nSPS) is 13.4. The van der Waals surface area contributed by atoms with Crippen LogP contribution in [0.15, 0.2) is 12.2 Å². The van der Waals surface area contributed by atoms with E-state index in [1.807, 2.05) is 6.08 Å². The number of nitrogens with one attached hydrogen (secondary N) is 1. The monoisotopic (exact) mass is 441 g/mol. The van der Waals surface area contributed by atoms with Crippen LogP contribution in [-0.2, 0) is 9.59 Å². The molecule has 0 radical (unpaired) electrons. The van der Waals surface area contributed by atoms with Crippen molar-refractivity contribution >= 4 is 11.8 Å². The van der Waals surface area contributed by atoms with Gasteiger partial charge in [-0.15, -0.1) is 0 Å². The SMILES string of the molecule is NCCCCCC(=O)NC(=O)CCCCCCCCCCCCC=CC(O)C(N)CO. The summed E-state index contributed by atoms with van der Waals surface area (Å²) >= 11 is 0. The summed E-state index contributed by atoms with van der Waals surface area (Å²) < 4.78 is 0. The second kappa shape index (κ2) is 21.9. The number of aliphatic hydroxyl groups is 2. The Morgan fingerprint density at radius 3 is 1.71 bits per heavy atom. The molecule has 7 nitrogen and oxygen atoms in total. The first-order valence-electron chi connectivity index (χ1n) is 12.2. The zero-order valence-corrected chi connectivity index (χ0v) is 19.4. The summed E-state index contributed by atoms with van der Waals surface area (Å²) in [7, 11) is 0. The standard InChI is InChI=1S/C24H47N3O4/c25-19-15-11-14-18-24(31)27-23(30)17-13-10-8-6-4-2-1-3-5-7-9-12-16-22(29)21(26)20-28/h12,16,21-22,28-29H,1-11,13-15,17-20,25-26H2,(H,27,30,31). The van der Waals surface area contributed by atoms with Gasteiger partial charge in [-0.25, -0.2) is 0 Å². The van der Waals surface area contributed by atoms with E-state index in [0.29, 0.717) is 19.4 Å². The number of aliphatic hydroxyl groups excluding tert-OH is 2. The zero-order valence-electron chi connectivity index (χ0n) is 19.4. The van der Waals surface area contributed by atoms with Crippen molar-refractivity contribution in [2.75, 3.05) is 13.2 Å². The van der Waals surface area contributed by atoms with Crippen LogP contribution in [0.2, 0.25) is 0 Å². The van der Waals surface area contributed by atoms with E-state index < -0.39 is 12.1 Å². The summed E-state index contributed by atoms with van der Waals surface area (Å²) in [5.74, 6) is -0.314. The van der Waals surface area contributed by atoms with Gasteiger partial charge in [0.15, 0.2) is 0 Å². The maximum absolute atomic E-state index is 11.7. The highest BCUT2D eigenvalue weighted by Crippen LogP contribution is 2.12. The molecular weight excluding hydrogens is 394 g/mol. The van der Waals surface area contributed by atoms with Gasteiger partial charge in [0.05, 0.1) is 18.8 Å². The molecular formula is C24H47N3O4. The number of unbranched alkanes of at least 4 members (excludes halogenated alkanes) is 12. The number of imide groups is 1. The molecule has 0 rings (SSSR count). The minimum absolute atomic E-state index is 0.149. The number of amides is 2. The first-order valence-corrected chi connectivity index (χ1v) is 12.2. The number of nitrogens with two attached hydrogens (primary N) is 2. The van der Waals surface area contributed by atoms with E-state index in [2.05, 4.69) is 5.32 Å². The van der Waals surface area contributed by atoms with Crippen molar-refractivity contribution < 1.29 is 19.8 Å². The third kappa shape index (κ3) is 20.4. The fraction of sp³-hybridized carbons (Fsp3) is 0.833. The van der Waals surface area contributed by atoms with Gasteiger partial charge >= 0.3 is 0 Å². The van der Waals surface area contributed by atoms with Gasteiger partial charge in [0.2, 0.25) is 11.8 Å². The fourth-order valence-corrected chi connectivity index (χ4v) is 3.34. The third-order valence-corrected chi connectivity index (χ3v) is 5.39. The lowest BCUT2D eigenvalue weighted by Crippen LogP contribution is -2.36. The van der Waals surface area contributed by atoms with Crippen molar-refractivity contribution in [1.29, 1.82) is 0 Å². The molecule has 0 fully saturated rings. The van der Waals surface area contributed by atoms with E-state index in [1.54, 1.807) is 6.08 Å². The molecule has 0 aromatic carbocycles. The molecule has 0 aliphatic heterocycles. The Kier molecular flexibility index (Phi) is 21.0. The summed E-state index contributed by atoms with van der Waals surface area (Å²) in [5, 5.41) is 20.9. The van der Waals surface area contributed by atoms with Crippen molar-refractivity contribution in [2.24, 2.45) is 11.5 Å². The van der Waals surface area contributed by atoms with E-state index in [-0.39, 0.29) is 18.4 Å². The van der Waals surface area contributed by atoms with Crippen molar-refractivity contribution in [3.63, 3.8) is 0 Å². The highest BCUT2D eigenvalue weighted by molar-refractivity contribution is 5.95. The molecule has 0 heterocycles. The van der Waals surface area contributed by atoms with E-state index >= 15 is 0 Å². The number of carbonyl (C=O) groups is 2. The van der Waals surface area contributed by atoms with Crippen LogP contribution in [-0.4, -0.2) is 47.3 Å². The van der Waals surface area contributed by atoms with Gasteiger partial charge in [-0.1, -0.05) is 69.9 Å². The average molecular weight is 442 g/mol. The maximum atomic E-state index is 11.7. The molecule has 0 aromatic heterocycles. The van der Waals surface area contributed by atoms with Gasteiger partial charge in [-0.05, 0) is 38.6 Å². The number of allylic oxidation sites excluding steroid dienone is 1. The molecule has 7 heteroatoms. The van der Waals surface area contributed by atoms with Gasteiger partial charge in [0.25, 0.3) is 0 Å². The van der Waals surface area contributed by atoms with Crippen LogP contribution >= 0.6 is 0 Å². The Morgan fingerprint density at radius 2 is 1.23 bits per heavy atom. The summed E-state index contributed by atoms with van der Waals surface area (Å²) in [6, 6.07) is -0.598. The van der Waals surface area contributed by atoms with E-state index in [1.165, 1.54) is 38.5 Å². The van der Waals surface area contributed by atoms with Crippen LogP contribution in [0.25, 0.3) is 0 Å². The molecule has 2 atom stereocenters. The Morgan fingerprint density at radius 1 is 0.774 bits per heavy atom. The molecule has 0 spiro atoms. The average Bonchev–Trinajstić information content (AvgIpc) is 2.76. The largest absolute Gasteiger partial charge is 0.395 e. The van der Waals surface area contributed by atoms with Crippen LogP contribution in [0.4, 0.5) is 0 Å².